The standard InChI is InChI=1S/C19H33N5O2/c1-14-16(15(2)26-23-14)9-8-12-21-18(20-3)22-13-19(10-6-7-11-19)17(25)24(4)5/h6-13H2,1-5H3,(H2,20,21,22). The second-order valence-corrected chi connectivity index (χ2v) is 7.45. The van der Waals surface area contributed by atoms with Crippen LogP contribution in [-0.4, -0.2) is 56.2 Å². The van der Waals surface area contributed by atoms with E-state index < -0.39 is 0 Å². The highest BCUT2D eigenvalue weighted by molar-refractivity contribution is 5.85. The Hall–Kier alpha value is -2.05. The molecule has 0 saturated heterocycles. The van der Waals surface area contributed by atoms with E-state index in [1.165, 1.54) is 5.56 Å². The Morgan fingerprint density at radius 3 is 2.50 bits per heavy atom. The number of aromatic nitrogens is 1. The molecule has 0 aliphatic heterocycles. The number of hydrogen-bond donors (Lipinski definition) is 2. The van der Waals surface area contributed by atoms with Crippen LogP contribution in [0.3, 0.4) is 0 Å². The normalized spacial score (nSPS) is 16.6. The van der Waals surface area contributed by atoms with Crippen molar-refractivity contribution in [2.45, 2.75) is 52.4 Å². The Morgan fingerprint density at radius 1 is 1.27 bits per heavy atom. The molecule has 0 spiro atoms. The summed E-state index contributed by atoms with van der Waals surface area (Å²) in [5, 5.41) is 10.7. The van der Waals surface area contributed by atoms with Gasteiger partial charge in [-0.2, -0.15) is 0 Å². The van der Waals surface area contributed by atoms with Gasteiger partial charge in [-0.25, -0.2) is 0 Å². The van der Waals surface area contributed by atoms with Crippen molar-refractivity contribution in [2.24, 2.45) is 10.4 Å². The van der Waals surface area contributed by atoms with Gasteiger partial charge in [0.15, 0.2) is 5.96 Å². The average molecular weight is 364 g/mol. The first kappa shape index (κ1) is 20.3. The summed E-state index contributed by atoms with van der Waals surface area (Å²) in [7, 11) is 5.44. The Bertz CT molecular complexity index is 610. The molecule has 0 radical (unpaired) electrons. The molecule has 0 aromatic carbocycles. The molecule has 1 aliphatic carbocycles. The van der Waals surface area contributed by atoms with Crippen molar-refractivity contribution in [2.75, 3.05) is 34.2 Å². The van der Waals surface area contributed by atoms with E-state index in [9.17, 15) is 4.79 Å². The molecule has 0 bridgehead atoms. The number of carbonyl (C=O) groups excluding carboxylic acids is 1. The Labute approximate surface area is 156 Å². The summed E-state index contributed by atoms with van der Waals surface area (Å²) in [6.07, 6.45) is 6.01. The van der Waals surface area contributed by atoms with Crippen LogP contribution < -0.4 is 10.6 Å². The molecular formula is C19H33N5O2. The fraction of sp³-hybridized carbons (Fsp3) is 0.737. The van der Waals surface area contributed by atoms with Crippen molar-refractivity contribution in [1.29, 1.82) is 0 Å². The molecule has 1 heterocycles. The highest BCUT2D eigenvalue weighted by atomic mass is 16.5. The predicted octanol–water partition coefficient (Wildman–Crippen LogP) is 2.04. The first-order valence-corrected chi connectivity index (χ1v) is 9.47. The van der Waals surface area contributed by atoms with E-state index in [2.05, 4.69) is 20.8 Å². The lowest BCUT2D eigenvalue weighted by atomic mass is 9.84. The SMILES string of the molecule is CN=C(NCCCc1c(C)noc1C)NCC1(C(=O)N(C)C)CCCC1. The highest BCUT2D eigenvalue weighted by Crippen LogP contribution is 2.38. The van der Waals surface area contributed by atoms with E-state index in [0.29, 0.717) is 6.54 Å². The minimum Gasteiger partial charge on any atom is -0.361 e. The summed E-state index contributed by atoms with van der Waals surface area (Å²) in [4.78, 5) is 18.6. The Kier molecular flexibility index (Phi) is 7.06. The van der Waals surface area contributed by atoms with Gasteiger partial charge >= 0.3 is 0 Å². The van der Waals surface area contributed by atoms with Gasteiger partial charge in [-0.15, -0.1) is 0 Å². The summed E-state index contributed by atoms with van der Waals surface area (Å²) in [5.74, 6) is 1.87. The molecule has 1 aromatic rings. The third-order valence-electron chi connectivity index (χ3n) is 5.32. The van der Waals surface area contributed by atoms with Crippen LogP contribution in [0.4, 0.5) is 0 Å². The molecule has 26 heavy (non-hydrogen) atoms. The summed E-state index contributed by atoms with van der Waals surface area (Å²) >= 11 is 0. The lowest BCUT2D eigenvalue weighted by molar-refractivity contribution is -0.138. The van der Waals surface area contributed by atoms with Gasteiger partial charge in [0.05, 0.1) is 11.1 Å². The fourth-order valence-electron chi connectivity index (χ4n) is 3.80. The third-order valence-corrected chi connectivity index (χ3v) is 5.32. The molecule has 1 saturated carbocycles. The largest absolute Gasteiger partial charge is 0.361 e. The molecule has 1 amide bonds. The molecular weight excluding hydrogens is 330 g/mol. The zero-order valence-corrected chi connectivity index (χ0v) is 16.8. The molecule has 2 rings (SSSR count). The van der Waals surface area contributed by atoms with Crippen LogP contribution in [0.25, 0.3) is 0 Å². The topological polar surface area (TPSA) is 82.8 Å². The van der Waals surface area contributed by atoms with Crippen LogP contribution in [-0.2, 0) is 11.2 Å². The molecule has 146 valence electrons. The number of aryl methyl sites for hydroxylation is 2. The van der Waals surface area contributed by atoms with E-state index in [4.69, 9.17) is 4.52 Å². The van der Waals surface area contributed by atoms with Crippen LogP contribution in [0.5, 0.6) is 0 Å². The highest BCUT2D eigenvalue weighted by Gasteiger charge is 2.42. The first-order valence-electron chi connectivity index (χ1n) is 9.47. The maximum Gasteiger partial charge on any atom is 0.230 e. The average Bonchev–Trinajstić information content (AvgIpc) is 3.22. The van der Waals surface area contributed by atoms with Gasteiger partial charge in [-0.05, 0) is 39.5 Å². The molecule has 1 fully saturated rings. The minimum absolute atomic E-state index is 0.219. The van der Waals surface area contributed by atoms with Gasteiger partial charge < -0.3 is 20.1 Å². The van der Waals surface area contributed by atoms with Gasteiger partial charge in [0.1, 0.15) is 5.76 Å². The summed E-state index contributed by atoms with van der Waals surface area (Å²) in [6, 6.07) is 0. The van der Waals surface area contributed by atoms with E-state index >= 15 is 0 Å². The number of nitrogens with one attached hydrogen (secondary N) is 2. The summed E-state index contributed by atoms with van der Waals surface area (Å²) in [6.45, 7) is 5.36. The van der Waals surface area contributed by atoms with Crippen LogP contribution in [0.15, 0.2) is 9.52 Å². The number of nitrogens with zero attached hydrogens (tertiary/aromatic N) is 3. The molecule has 0 unspecified atom stereocenters. The van der Waals surface area contributed by atoms with Crippen molar-refractivity contribution >= 4 is 11.9 Å². The van der Waals surface area contributed by atoms with Gasteiger partial charge in [0.2, 0.25) is 5.91 Å². The van der Waals surface area contributed by atoms with Crippen molar-refractivity contribution in [3.63, 3.8) is 0 Å². The number of carbonyl (C=O) groups is 1. The van der Waals surface area contributed by atoms with Crippen molar-refractivity contribution in [3.05, 3.63) is 17.0 Å². The smallest absolute Gasteiger partial charge is 0.230 e. The Balaban J connectivity index is 1.81. The molecule has 1 aliphatic rings. The summed E-state index contributed by atoms with van der Waals surface area (Å²) < 4.78 is 5.20. The summed E-state index contributed by atoms with van der Waals surface area (Å²) in [5.41, 5.74) is 1.87. The van der Waals surface area contributed by atoms with E-state index in [0.717, 1.165) is 62.5 Å². The van der Waals surface area contributed by atoms with E-state index in [1.54, 1.807) is 11.9 Å². The van der Waals surface area contributed by atoms with Gasteiger partial charge in [0, 0.05) is 39.8 Å². The van der Waals surface area contributed by atoms with Gasteiger partial charge in [0.25, 0.3) is 0 Å². The van der Waals surface area contributed by atoms with Crippen molar-refractivity contribution < 1.29 is 9.32 Å². The number of aliphatic imine (C=N–C) groups is 1. The number of rotatable bonds is 7. The van der Waals surface area contributed by atoms with Crippen molar-refractivity contribution in [1.82, 2.24) is 20.7 Å². The number of amides is 1. The van der Waals surface area contributed by atoms with Crippen LogP contribution in [0, 0.1) is 19.3 Å². The minimum atomic E-state index is -0.294. The van der Waals surface area contributed by atoms with Crippen molar-refractivity contribution in [3.8, 4) is 0 Å². The quantitative estimate of drug-likeness (QED) is 0.440. The number of hydrogen-bond acceptors (Lipinski definition) is 4. The number of guanidine groups is 1. The third kappa shape index (κ3) is 4.77. The molecule has 2 N–H and O–H groups in total. The molecule has 7 heteroatoms. The van der Waals surface area contributed by atoms with Gasteiger partial charge in [-0.1, -0.05) is 18.0 Å². The second-order valence-electron chi connectivity index (χ2n) is 7.45. The zero-order chi connectivity index (χ0) is 19.2. The van der Waals surface area contributed by atoms with Crippen LogP contribution in [0.2, 0.25) is 0 Å². The first-order chi connectivity index (χ1) is 12.4. The predicted molar refractivity (Wildman–Crippen MR) is 103 cm³/mol. The fourth-order valence-corrected chi connectivity index (χ4v) is 3.80. The second kappa shape index (κ2) is 9.05. The maximum atomic E-state index is 12.6. The van der Waals surface area contributed by atoms with E-state index in [-0.39, 0.29) is 11.3 Å². The molecule has 0 atom stereocenters. The lowest BCUT2D eigenvalue weighted by Gasteiger charge is -2.31. The van der Waals surface area contributed by atoms with E-state index in [1.807, 2.05) is 27.9 Å². The van der Waals surface area contributed by atoms with Gasteiger partial charge in [-0.3, -0.25) is 9.79 Å². The monoisotopic (exact) mass is 363 g/mol. The zero-order valence-electron chi connectivity index (χ0n) is 16.8. The van der Waals surface area contributed by atoms with Crippen LogP contribution in [0.1, 0.15) is 49.1 Å². The Morgan fingerprint density at radius 2 is 1.96 bits per heavy atom. The maximum absolute atomic E-state index is 12.6. The molecule has 7 nitrogen and oxygen atoms in total. The molecule has 1 aromatic heterocycles. The lowest BCUT2D eigenvalue weighted by Crippen LogP contribution is -2.49. The van der Waals surface area contributed by atoms with Crippen LogP contribution >= 0.6 is 0 Å².